The summed E-state index contributed by atoms with van der Waals surface area (Å²) < 4.78 is 1.76. The summed E-state index contributed by atoms with van der Waals surface area (Å²) in [5.74, 6) is 0.717. The Labute approximate surface area is 142 Å². The van der Waals surface area contributed by atoms with Crippen LogP contribution in [0, 0.1) is 5.92 Å². The highest BCUT2D eigenvalue weighted by Gasteiger charge is 2.34. The van der Waals surface area contributed by atoms with Crippen molar-refractivity contribution in [2.45, 2.75) is 18.9 Å². The zero-order valence-electron chi connectivity index (χ0n) is 12.9. The van der Waals surface area contributed by atoms with E-state index in [1.807, 2.05) is 41.4 Å². The summed E-state index contributed by atoms with van der Waals surface area (Å²) in [7, 11) is 0. The van der Waals surface area contributed by atoms with E-state index in [1.165, 1.54) is 6.42 Å². The molecule has 2 aromatic rings. The van der Waals surface area contributed by atoms with E-state index in [4.69, 9.17) is 0 Å². The Kier molecular flexibility index (Phi) is 4.68. The number of carbonyl (C=O) groups excluding carboxylic acids is 1. The first-order valence-electron chi connectivity index (χ1n) is 7.94. The molecule has 0 bridgehead atoms. The molecular formula is C17H21ClN4O. The molecule has 3 heterocycles. The lowest BCUT2D eigenvalue weighted by Crippen LogP contribution is -2.46. The monoisotopic (exact) mass is 332 g/mol. The van der Waals surface area contributed by atoms with Gasteiger partial charge in [-0.1, -0.05) is 18.2 Å². The van der Waals surface area contributed by atoms with E-state index >= 15 is 0 Å². The quantitative estimate of drug-likeness (QED) is 0.916. The van der Waals surface area contributed by atoms with Gasteiger partial charge < -0.3 is 10.2 Å². The highest BCUT2D eigenvalue weighted by molar-refractivity contribution is 5.93. The molecule has 4 rings (SSSR count). The molecule has 1 aromatic carbocycles. The number of fused-ring (bicyclic) bond motifs is 1. The van der Waals surface area contributed by atoms with Crippen molar-refractivity contribution < 1.29 is 4.79 Å². The van der Waals surface area contributed by atoms with Gasteiger partial charge in [0.2, 0.25) is 0 Å². The highest BCUT2D eigenvalue weighted by Crippen LogP contribution is 2.25. The number of likely N-dealkylation sites (tertiary alicyclic amines) is 1. The van der Waals surface area contributed by atoms with Gasteiger partial charge in [-0.2, -0.15) is 5.10 Å². The van der Waals surface area contributed by atoms with Gasteiger partial charge in [-0.25, -0.2) is 4.68 Å². The van der Waals surface area contributed by atoms with Crippen LogP contribution in [-0.4, -0.2) is 46.3 Å². The number of benzene rings is 1. The Morgan fingerprint density at radius 1 is 1.22 bits per heavy atom. The lowest BCUT2D eigenvalue weighted by molar-refractivity contribution is 0.0662. The fourth-order valence-corrected chi connectivity index (χ4v) is 3.57. The Morgan fingerprint density at radius 2 is 2.04 bits per heavy atom. The van der Waals surface area contributed by atoms with Crippen molar-refractivity contribution in [2.75, 3.05) is 19.6 Å². The first-order chi connectivity index (χ1) is 10.8. The van der Waals surface area contributed by atoms with Gasteiger partial charge in [-0.3, -0.25) is 4.79 Å². The third-order valence-corrected chi connectivity index (χ3v) is 4.79. The molecule has 6 heteroatoms. The second-order valence-electron chi connectivity index (χ2n) is 6.16. The van der Waals surface area contributed by atoms with Crippen LogP contribution in [0.3, 0.4) is 0 Å². The zero-order valence-corrected chi connectivity index (χ0v) is 13.7. The van der Waals surface area contributed by atoms with Crippen LogP contribution < -0.4 is 5.32 Å². The van der Waals surface area contributed by atoms with Gasteiger partial charge in [-0.05, 0) is 37.4 Å². The maximum Gasteiger partial charge on any atom is 0.257 e. The number of nitrogens with zero attached hydrogens (tertiary/aromatic N) is 3. The van der Waals surface area contributed by atoms with Crippen LogP contribution in [0.4, 0.5) is 0 Å². The van der Waals surface area contributed by atoms with Crippen LogP contribution in [0.5, 0.6) is 0 Å². The molecule has 2 saturated heterocycles. The molecule has 23 heavy (non-hydrogen) atoms. The summed E-state index contributed by atoms with van der Waals surface area (Å²) in [6.45, 7) is 2.79. The number of rotatable bonds is 2. The van der Waals surface area contributed by atoms with E-state index in [-0.39, 0.29) is 18.3 Å². The van der Waals surface area contributed by atoms with Crippen molar-refractivity contribution in [3.05, 3.63) is 48.3 Å². The van der Waals surface area contributed by atoms with E-state index in [9.17, 15) is 4.79 Å². The Morgan fingerprint density at radius 3 is 2.87 bits per heavy atom. The van der Waals surface area contributed by atoms with Gasteiger partial charge in [0.1, 0.15) is 0 Å². The maximum atomic E-state index is 12.7. The van der Waals surface area contributed by atoms with Gasteiger partial charge in [0.05, 0.1) is 17.4 Å². The lowest BCUT2D eigenvalue weighted by atomic mass is 9.93. The summed E-state index contributed by atoms with van der Waals surface area (Å²) in [4.78, 5) is 14.7. The molecule has 0 radical (unpaired) electrons. The first kappa shape index (κ1) is 16.0. The SMILES string of the molecule is Cl.O=C(c1cnn(-c2ccccc2)c1)N1CCC2NCCC2C1. The van der Waals surface area contributed by atoms with E-state index in [1.54, 1.807) is 10.9 Å². The Hall–Kier alpha value is -1.85. The molecule has 2 atom stereocenters. The zero-order chi connectivity index (χ0) is 14.9. The fourth-order valence-electron chi connectivity index (χ4n) is 3.57. The maximum absolute atomic E-state index is 12.7. The van der Waals surface area contributed by atoms with E-state index in [0.717, 1.165) is 31.7 Å². The molecule has 5 nitrogen and oxygen atoms in total. The molecule has 0 aliphatic carbocycles. The van der Waals surface area contributed by atoms with Gasteiger partial charge in [0.25, 0.3) is 5.91 Å². The van der Waals surface area contributed by atoms with E-state index in [2.05, 4.69) is 10.4 Å². The predicted molar refractivity (Wildman–Crippen MR) is 91.2 cm³/mol. The summed E-state index contributed by atoms with van der Waals surface area (Å²) in [5, 5.41) is 7.85. The molecule has 0 saturated carbocycles. The van der Waals surface area contributed by atoms with E-state index in [0.29, 0.717) is 17.5 Å². The molecule has 2 fully saturated rings. The van der Waals surface area contributed by atoms with Crippen molar-refractivity contribution >= 4 is 18.3 Å². The van der Waals surface area contributed by atoms with Crippen molar-refractivity contribution in [1.82, 2.24) is 20.0 Å². The van der Waals surface area contributed by atoms with Crippen LogP contribution in [0.25, 0.3) is 5.69 Å². The normalized spacial score (nSPS) is 23.2. The molecule has 2 aliphatic heterocycles. The van der Waals surface area contributed by atoms with Crippen molar-refractivity contribution in [3.8, 4) is 5.69 Å². The third-order valence-electron chi connectivity index (χ3n) is 4.79. The average Bonchev–Trinajstić information content (AvgIpc) is 3.23. The van der Waals surface area contributed by atoms with Gasteiger partial charge in [-0.15, -0.1) is 12.4 Å². The minimum atomic E-state index is 0. The number of amides is 1. The van der Waals surface area contributed by atoms with Crippen molar-refractivity contribution in [2.24, 2.45) is 5.92 Å². The number of piperidine rings is 1. The molecule has 0 spiro atoms. The second kappa shape index (κ2) is 6.72. The number of aromatic nitrogens is 2. The summed E-state index contributed by atoms with van der Waals surface area (Å²) in [6.07, 6.45) is 5.74. The number of carbonyl (C=O) groups is 1. The van der Waals surface area contributed by atoms with Gasteiger partial charge in [0, 0.05) is 25.3 Å². The van der Waals surface area contributed by atoms with Gasteiger partial charge >= 0.3 is 0 Å². The van der Waals surface area contributed by atoms with Crippen LogP contribution in [0.2, 0.25) is 0 Å². The standard InChI is InChI=1S/C17H20N4O.ClH/c22-17(20-9-7-16-13(11-20)6-8-18-16)14-10-19-21(12-14)15-4-2-1-3-5-15;/h1-5,10,12-13,16,18H,6-9,11H2;1H. The second-order valence-corrected chi connectivity index (χ2v) is 6.16. The summed E-state index contributed by atoms with van der Waals surface area (Å²) >= 11 is 0. The number of para-hydroxylation sites is 1. The Bertz CT molecular complexity index is 672. The van der Waals surface area contributed by atoms with Crippen molar-refractivity contribution in [3.63, 3.8) is 0 Å². The topological polar surface area (TPSA) is 50.2 Å². The molecular weight excluding hydrogens is 312 g/mol. The number of hydrogen-bond acceptors (Lipinski definition) is 3. The number of hydrogen-bond donors (Lipinski definition) is 1. The number of halogens is 1. The average molecular weight is 333 g/mol. The van der Waals surface area contributed by atoms with Gasteiger partial charge in [0.15, 0.2) is 0 Å². The number of nitrogens with one attached hydrogen (secondary N) is 1. The Balaban J connectivity index is 0.00000156. The first-order valence-corrected chi connectivity index (χ1v) is 7.94. The highest BCUT2D eigenvalue weighted by atomic mass is 35.5. The molecule has 1 amide bonds. The minimum Gasteiger partial charge on any atom is -0.338 e. The van der Waals surface area contributed by atoms with Crippen LogP contribution in [0.15, 0.2) is 42.7 Å². The van der Waals surface area contributed by atoms with Crippen molar-refractivity contribution in [1.29, 1.82) is 0 Å². The van der Waals surface area contributed by atoms with E-state index < -0.39 is 0 Å². The summed E-state index contributed by atoms with van der Waals surface area (Å²) in [6, 6.07) is 10.5. The fraction of sp³-hybridized carbons (Fsp3) is 0.412. The molecule has 2 aliphatic rings. The molecule has 1 aromatic heterocycles. The van der Waals surface area contributed by atoms with Crippen LogP contribution in [-0.2, 0) is 0 Å². The third kappa shape index (κ3) is 3.12. The minimum absolute atomic E-state index is 0. The lowest BCUT2D eigenvalue weighted by Gasteiger charge is -2.34. The van der Waals surface area contributed by atoms with Crippen LogP contribution >= 0.6 is 12.4 Å². The molecule has 2 unspecified atom stereocenters. The predicted octanol–water partition coefficient (Wildman–Crippen LogP) is 2.12. The largest absolute Gasteiger partial charge is 0.338 e. The molecule has 122 valence electrons. The smallest absolute Gasteiger partial charge is 0.257 e. The molecule has 1 N–H and O–H groups in total. The summed E-state index contributed by atoms with van der Waals surface area (Å²) in [5.41, 5.74) is 1.65. The van der Waals surface area contributed by atoms with Crippen LogP contribution in [0.1, 0.15) is 23.2 Å².